The van der Waals surface area contributed by atoms with Gasteiger partial charge >= 0.3 is 6.18 Å². The van der Waals surface area contributed by atoms with Gasteiger partial charge in [-0.05, 0) is 60.5 Å². The quantitative estimate of drug-likeness (QED) is 0.249. The summed E-state index contributed by atoms with van der Waals surface area (Å²) in [5.41, 5.74) is 0.257. The number of rotatable bonds is 7. The number of hydrogen-bond donors (Lipinski definition) is 2. The number of para-hydroxylation sites is 1. The minimum atomic E-state index is -4.59. The maximum Gasteiger partial charge on any atom is 0.416 e. The molecule has 190 valence electrons. The van der Waals surface area contributed by atoms with Crippen LogP contribution in [0.2, 0.25) is 10.0 Å². The van der Waals surface area contributed by atoms with Gasteiger partial charge in [0, 0.05) is 11.4 Å². The number of ether oxygens (including phenoxy) is 1. The average molecular weight is 548 g/mol. The van der Waals surface area contributed by atoms with Crippen molar-refractivity contribution in [3.8, 4) is 11.8 Å². The molecule has 0 aliphatic heterocycles. The number of anilines is 2. The van der Waals surface area contributed by atoms with E-state index in [2.05, 4.69) is 10.6 Å². The third-order valence-corrected chi connectivity index (χ3v) is 5.47. The number of carbonyl (C=O) groups is 2. The fourth-order valence-electron chi connectivity index (χ4n) is 3.12. The first-order valence-electron chi connectivity index (χ1n) is 10.6. The Kier molecular flexibility index (Phi) is 8.81. The third kappa shape index (κ3) is 7.49. The fourth-order valence-corrected chi connectivity index (χ4v) is 3.74. The van der Waals surface area contributed by atoms with E-state index >= 15 is 0 Å². The SMILES string of the molecule is Cc1ccccc1NC(=O)COc1c(Cl)cc(/C=C(\C#N)C(=O)Nc2cccc(C(F)(F)F)c2)cc1Cl. The second kappa shape index (κ2) is 11.8. The molecule has 0 aromatic heterocycles. The topological polar surface area (TPSA) is 91.2 Å². The molecule has 0 bridgehead atoms. The highest BCUT2D eigenvalue weighted by Crippen LogP contribution is 2.35. The number of nitrogens with one attached hydrogen (secondary N) is 2. The molecule has 0 aliphatic carbocycles. The van der Waals surface area contributed by atoms with Gasteiger partial charge in [-0.15, -0.1) is 0 Å². The summed E-state index contributed by atoms with van der Waals surface area (Å²) in [6.07, 6.45) is -3.43. The molecule has 0 spiro atoms. The largest absolute Gasteiger partial charge is 0.481 e. The predicted octanol–water partition coefficient (Wildman–Crippen LogP) is 6.88. The van der Waals surface area contributed by atoms with Gasteiger partial charge < -0.3 is 15.4 Å². The maximum absolute atomic E-state index is 12.9. The summed E-state index contributed by atoms with van der Waals surface area (Å²) in [5.74, 6) is -1.35. The van der Waals surface area contributed by atoms with Gasteiger partial charge in [0.25, 0.3) is 11.8 Å². The number of alkyl halides is 3. The van der Waals surface area contributed by atoms with Crippen LogP contribution in [0.3, 0.4) is 0 Å². The zero-order chi connectivity index (χ0) is 27.2. The Bertz CT molecular complexity index is 1390. The van der Waals surface area contributed by atoms with Crippen LogP contribution in [0.25, 0.3) is 6.08 Å². The molecule has 0 aliphatic rings. The number of nitrogens with zero attached hydrogens (tertiary/aromatic N) is 1. The molecule has 0 saturated heterocycles. The van der Waals surface area contributed by atoms with Gasteiger partial charge in [0.15, 0.2) is 12.4 Å². The van der Waals surface area contributed by atoms with Crippen LogP contribution in [0.5, 0.6) is 5.75 Å². The molecule has 2 N–H and O–H groups in total. The number of nitriles is 1. The van der Waals surface area contributed by atoms with Crippen LogP contribution < -0.4 is 15.4 Å². The Morgan fingerprint density at radius 2 is 1.70 bits per heavy atom. The highest BCUT2D eigenvalue weighted by atomic mass is 35.5. The molecule has 3 aromatic rings. The Hall–Kier alpha value is -4.00. The molecule has 0 atom stereocenters. The van der Waals surface area contributed by atoms with Gasteiger partial charge in [0.2, 0.25) is 0 Å². The first-order chi connectivity index (χ1) is 17.5. The van der Waals surface area contributed by atoms with E-state index in [9.17, 15) is 28.0 Å². The van der Waals surface area contributed by atoms with Crippen molar-refractivity contribution >= 4 is 52.5 Å². The molecule has 6 nitrogen and oxygen atoms in total. The third-order valence-electron chi connectivity index (χ3n) is 4.91. The van der Waals surface area contributed by atoms with Crippen molar-refractivity contribution in [1.29, 1.82) is 5.26 Å². The summed E-state index contributed by atoms with van der Waals surface area (Å²) in [5, 5.41) is 14.4. The van der Waals surface area contributed by atoms with Crippen LogP contribution in [0.4, 0.5) is 24.5 Å². The average Bonchev–Trinajstić information content (AvgIpc) is 2.83. The Labute approximate surface area is 220 Å². The van der Waals surface area contributed by atoms with Crippen LogP contribution >= 0.6 is 23.2 Å². The normalized spacial score (nSPS) is 11.4. The molecular weight excluding hydrogens is 530 g/mol. The molecule has 0 fully saturated rings. The Morgan fingerprint density at radius 1 is 1.03 bits per heavy atom. The number of halogens is 5. The molecule has 0 heterocycles. The number of benzene rings is 3. The van der Waals surface area contributed by atoms with E-state index < -0.39 is 29.1 Å². The summed E-state index contributed by atoms with van der Waals surface area (Å²) in [6, 6.07) is 15.6. The van der Waals surface area contributed by atoms with E-state index in [1.54, 1.807) is 18.2 Å². The second-order valence-corrected chi connectivity index (χ2v) is 8.48. The summed E-state index contributed by atoms with van der Waals surface area (Å²) in [7, 11) is 0. The summed E-state index contributed by atoms with van der Waals surface area (Å²) in [4.78, 5) is 24.7. The van der Waals surface area contributed by atoms with E-state index in [1.165, 1.54) is 18.2 Å². The number of aryl methyl sites for hydroxylation is 1. The maximum atomic E-state index is 12.9. The first-order valence-corrected chi connectivity index (χ1v) is 11.3. The molecular formula is C26H18Cl2F3N3O3. The van der Waals surface area contributed by atoms with Gasteiger partial charge in [0.1, 0.15) is 11.6 Å². The smallest absolute Gasteiger partial charge is 0.416 e. The van der Waals surface area contributed by atoms with E-state index in [0.29, 0.717) is 5.69 Å². The van der Waals surface area contributed by atoms with Crippen molar-refractivity contribution in [2.75, 3.05) is 17.2 Å². The Morgan fingerprint density at radius 3 is 2.32 bits per heavy atom. The van der Waals surface area contributed by atoms with Crippen LogP contribution in [0.15, 0.2) is 66.2 Å². The minimum absolute atomic E-state index is 0.0121. The van der Waals surface area contributed by atoms with Crippen molar-refractivity contribution in [2.45, 2.75) is 13.1 Å². The van der Waals surface area contributed by atoms with E-state index in [4.69, 9.17) is 27.9 Å². The molecule has 3 aromatic carbocycles. The highest BCUT2D eigenvalue weighted by molar-refractivity contribution is 6.37. The highest BCUT2D eigenvalue weighted by Gasteiger charge is 2.30. The lowest BCUT2D eigenvalue weighted by atomic mass is 10.1. The van der Waals surface area contributed by atoms with Crippen LogP contribution in [0, 0.1) is 18.3 Å². The van der Waals surface area contributed by atoms with Crippen molar-refractivity contribution in [3.05, 3.63) is 93.0 Å². The van der Waals surface area contributed by atoms with Crippen LogP contribution in [-0.2, 0) is 15.8 Å². The van der Waals surface area contributed by atoms with Crippen molar-refractivity contribution in [3.63, 3.8) is 0 Å². The van der Waals surface area contributed by atoms with Gasteiger partial charge in [-0.2, -0.15) is 18.4 Å². The molecule has 2 amide bonds. The molecule has 0 radical (unpaired) electrons. The zero-order valence-corrected chi connectivity index (χ0v) is 20.6. The van der Waals surface area contributed by atoms with Gasteiger partial charge in [0.05, 0.1) is 15.6 Å². The second-order valence-electron chi connectivity index (χ2n) is 7.67. The lowest BCUT2D eigenvalue weighted by molar-refractivity contribution is -0.137. The molecule has 0 unspecified atom stereocenters. The Balaban J connectivity index is 1.71. The molecule has 3 rings (SSSR count). The van der Waals surface area contributed by atoms with Crippen LogP contribution in [0.1, 0.15) is 16.7 Å². The standard InChI is InChI=1S/C26H18Cl2F3N3O3/c1-15-5-2-3-8-22(15)34-23(35)14-37-24-20(27)10-16(11-21(24)28)9-17(13-32)25(36)33-19-7-4-6-18(12-19)26(29,30)31/h2-12H,14H2,1H3,(H,33,36)(H,34,35)/b17-9+. The summed E-state index contributed by atoms with van der Waals surface area (Å²) >= 11 is 12.5. The lowest BCUT2D eigenvalue weighted by Crippen LogP contribution is -2.20. The van der Waals surface area contributed by atoms with Crippen LogP contribution in [-0.4, -0.2) is 18.4 Å². The zero-order valence-electron chi connectivity index (χ0n) is 19.1. The monoisotopic (exact) mass is 547 g/mol. The van der Waals surface area contributed by atoms with Gasteiger partial charge in [-0.3, -0.25) is 9.59 Å². The van der Waals surface area contributed by atoms with E-state index in [-0.39, 0.29) is 33.7 Å². The summed E-state index contributed by atoms with van der Waals surface area (Å²) in [6.45, 7) is 1.46. The van der Waals surface area contributed by atoms with E-state index in [1.807, 2.05) is 19.1 Å². The fraction of sp³-hybridized carbons (Fsp3) is 0.115. The molecule has 0 saturated carbocycles. The molecule has 11 heteroatoms. The van der Waals surface area contributed by atoms with Crippen molar-refractivity contribution < 1.29 is 27.5 Å². The van der Waals surface area contributed by atoms with Gasteiger partial charge in [-0.1, -0.05) is 47.5 Å². The van der Waals surface area contributed by atoms with E-state index in [0.717, 1.165) is 29.8 Å². The number of carbonyl (C=O) groups excluding carboxylic acids is 2. The summed E-state index contributed by atoms with van der Waals surface area (Å²) < 4.78 is 44.2. The molecule has 37 heavy (non-hydrogen) atoms. The van der Waals surface area contributed by atoms with Crippen molar-refractivity contribution in [2.24, 2.45) is 0 Å². The number of hydrogen-bond acceptors (Lipinski definition) is 4. The first kappa shape index (κ1) is 27.6. The van der Waals surface area contributed by atoms with Gasteiger partial charge in [-0.25, -0.2) is 0 Å². The minimum Gasteiger partial charge on any atom is -0.481 e. The number of amides is 2. The lowest BCUT2D eigenvalue weighted by Gasteiger charge is -2.12. The van der Waals surface area contributed by atoms with Crippen molar-refractivity contribution in [1.82, 2.24) is 0 Å². The predicted molar refractivity (Wildman–Crippen MR) is 135 cm³/mol.